The number of carboxylic acid groups (broad SMARTS) is 1. The van der Waals surface area contributed by atoms with Gasteiger partial charge in [-0.2, -0.15) is 0 Å². The Morgan fingerprint density at radius 3 is 2.52 bits per heavy atom. The van der Waals surface area contributed by atoms with Gasteiger partial charge < -0.3 is 14.9 Å². The summed E-state index contributed by atoms with van der Waals surface area (Å²) in [4.78, 5) is 23.3. The lowest BCUT2D eigenvalue weighted by molar-refractivity contribution is -0.137. The van der Waals surface area contributed by atoms with Crippen LogP contribution in [-0.2, 0) is 11.2 Å². The quantitative estimate of drug-likeness (QED) is 0.818. The number of rotatable bonds is 7. The molecule has 23 heavy (non-hydrogen) atoms. The minimum atomic E-state index is -0.880. The molecule has 1 aromatic carbocycles. The molecule has 0 spiro atoms. The maximum atomic E-state index is 12.4. The Balaban J connectivity index is 2.10. The fraction of sp³-hybridized carbons (Fsp3) is 0.353. The van der Waals surface area contributed by atoms with Crippen molar-refractivity contribution in [2.75, 3.05) is 0 Å². The second kappa shape index (κ2) is 7.58. The van der Waals surface area contributed by atoms with Gasteiger partial charge in [0.1, 0.15) is 11.3 Å². The molecule has 1 amide bonds. The topological polar surface area (TPSA) is 92.4 Å². The zero-order valence-electron chi connectivity index (χ0n) is 13.2. The fourth-order valence-electron chi connectivity index (χ4n) is 2.49. The summed E-state index contributed by atoms with van der Waals surface area (Å²) in [7, 11) is 0. The first kappa shape index (κ1) is 16.7. The van der Waals surface area contributed by atoms with Crippen molar-refractivity contribution in [2.24, 2.45) is 0 Å². The molecule has 122 valence electrons. The molecule has 0 fully saturated rings. The predicted octanol–water partition coefficient (Wildman–Crippen LogP) is 2.50. The molecule has 2 rings (SSSR count). The highest BCUT2D eigenvalue weighted by Gasteiger charge is 2.21. The van der Waals surface area contributed by atoms with Gasteiger partial charge in [0.15, 0.2) is 0 Å². The summed E-state index contributed by atoms with van der Waals surface area (Å²) in [5.41, 5.74) is 1.98. The minimum absolute atomic E-state index is 0.000614. The highest BCUT2D eigenvalue weighted by atomic mass is 16.5. The van der Waals surface area contributed by atoms with Crippen LogP contribution in [-0.4, -0.2) is 28.2 Å². The Kier molecular flexibility index (Phi) is 5.51. The van der Waals surface area contributed by atoms with Crippen molar-refractivity contribution >= 4 is 11.9 Å². The summed E-state index contributed by atoms with van der Waals surface area (Å²) in [6, 6.07) is 9.39. The Bertz CT molecular complexity index is 660. The molecule has 2 N–H and O–H groups in total. The van der Waals surface area contributed by atoms with Gasteiger partial charge in [0.25, 0.3) is 5.91 Å². The summed E-state index contributed by atoms with van der Waals surface area (Å²) in [5, 5.41) is 15.6. The van der Waals surface area contributed by atoms with Gasteiger partial charge in [0.2, 0.25) is 0 Å². The van der Waals surface area contributed by atoms with Crippen LogP contribution in [0.4, 0.5) is 0 Å². The summed E-state index contributed by atoms with van der Waals surface area (Å²) >= 11 is 0. The van der Waals surface area contributed by atoms with Gasteiger partial charge in [0.05, 0.1) is 5.69 Å². The number of carbonyl (C=O) groups excluding carboxylic acids is 1. The van der Waals surface area contributed by atoms with Crippen LogP contribution in [0.2, 0.25) is 0 Å². The van der Waals surface area contributed by atoms with E-state index in [0.29, 0.717) is 29.9 Å². The van der Waals surface area contributed by atoms with Crippen molar-refractivity contribution in [3.63, 3.8) is 0 Å². The van der Waals surface area contributed by atoms with Crippen molar-refractivity contribution in [1.29, 1.82) is 0 Å². The van der Waals surface area contributed by atoms with Crippen molar-refractivity contribution in [3.05, 3.63) is 52.9 Å². The number of nitrogens with zero attached hydrogens (tertiary/aromatic N) is 1. The summed E-state index contributed by atoms with van der Waals surface area (Å²) in [6.07, 6.45) is 0.932. The Morgan fingerprint density at radius 2 is 1.96 bits per heavy atom. The minimum Gasteiger partial charge on any atom is -0.481 e. The Morgan fingerprint density at radius 1 is 1.26 bits per heavy atom. The molecule has 0 aliphatic rings. The van der Waals surface area contributed by atoms with E-state index in [1.807, 2.05) is 30.3 Å². The van der Waals surface area contributed by atoms with E-state index in [4.69, 9.17) is 9.63 Å². The van der Waals surface area contributed by atoms with Gasteiger partial charge in [0, 0.05) is 12.5 Å². The third-order valence-electron chi connectivity index (χ3n) is 3.63. The molecule has 6 nitrogen and oxygen atoms in total. The number of nitrogens with one attached hydrogen (secondary N) is 1. The van der Waals surface area contributed by atoms with E-state index in [1.165, 1.54) is 0 Å². The van der Waals surface area contributed by atoms with Crippen LogP contribution in [0.5, 0.6) is 0 Å². The fourth-order valence-corrected chi connectivity index (χ4v) is 2.49. The first-order valence-electron chi connectivity index (χ1n) is 7.47. The second-order valence-electron chi connectivity index (χ2n) is 5.49. The molecule has 1 aromatic heterocycles. The number of carbonyl (C=O) groups is 2. The molecule has 1 unspecified atom stereocenters. The molecule has 0 radical (unpaired) electrons. The van der Waals surface area contributed by atoms with E-state index in [0.717, 1.165) is 5.56 Å². The number of aromatic nitrogens is 1. The van der Waals surface area contributed by atoms with Gasteiger partial charge >= 0.3 is 5.97 Å². The molecule has 0 aliphatic carbocycles. The number of amides is 1. The molecule has 0 saturated heterocycles. The number of carboxylic acids is 1. The molecule has 6 heteroatoms. The third-order valence-corrected chi connectivity index (χ3v) is 3.63. The highest BCUT2D eigenvalue weighted by molar-refractivity contribution is 5.96. The van der Waals surface area contributed by atoms with Gasteiger partial charge in [-0.25, -0.2) is 0 Å². The molecule has 1 atom stereocenters. The number of benzene rings is 1. The summed E-state index contributed by atoms with van der Waals surface area (Å²) in [6.45, 7) is 3.38. The first-order valence-corrected chi connectivity index (χ1v) is 7.47. The van der Waals surface area contributed by atoms with Gasteiger partial charge in [-0.15, -0.1) is 0 Å². The lowest BCUT2D eigenvalue weighted by Crippen LogP contribution is -2.37. The number of hydrogen-bond donors (Lipinski definition) is 2. The standard InChI is InChI=1S/C17H20N2O4/c1-11-16(12(2)23-19-11)17(22)18-14(8-9-15(20)21)10-13-6-4-3-5-7-13/h3-7,14H,8-10H2,1-2H3,(H,18,22)(H,20,21). The van der Waals surface area contributed by atoms with E-state index < -0.39 is 5.97 Å². The van der Waals surface area contributed by atoms with Crippen molar-refractivity contribution in [2.45, 2.75) is 39.2 Å². The molecular weight excluding hydrogens is 296 g/mol. The van der Waals surface area contributed by atoms with E-state index in [-0.39, 0.29) is 18.4 Å². The largest absolute Gasteiger partial charge is 0.481 e. The molecule has 0 bridgehead atoms. The monoisotopic (exact) mass is 316 g/mol. The van der Waals surface area contributed by atoms with Crippen LogP contribution in [0.3, 0.4) is 0 Å². The van der Waals surface area contributed by atoms with Gasteiger partial charge in [-0.1, -0.05) is 35.5 Å². The van der Waals surface area contributed by atoms with E-state index in [2.05, 4.69) is 10.5 Å². The normalized spacial score (nSPS) is 11.9. The van der Waals surface area contributed by atoms with Crippen LogP contribution in [0.25, 0.3) is 0 Å². The van der Waals surface area contributed by atoms with Crippen LogP contribution in [0.15, 0.2) is 34.9 Å². The van der Waals surface area contributed by atoms with Gasteiger partial charge in [-0.05, 0) is 32.3 Å². The summed E-state index contributed by atoms with van der Waals surface area (Å²) < 4.78 is 5.01. The van der Waals surface area contributed by atoms with Crippen molar-refractivity contribution < 1.29 is 19.2 Å². The first-order chi connectivity index (χ1) is 11.0. The smallest absolute Gasteiger partial charge is 0.303 e. The number of aliphatic carboxylic acids is 1. The molecule has 0 saturated carbocycles. The zero-order valence-corrected chi connectivity index (χ0v) is 13.2. The van der Waals surface area contributed by atoms with E-state index in [9.17, 15) is 9.59 Å². The number of hydrogen-bond acceptors (Lipinski definition) is 4. The predicted molar refractivity (Wildman–Crippen MR) is 84.2 cm³/mol. The van der Waals surface area contributed by atoms with E-state index >= 15 is 0 Å². The Hall–Kier alpha value is -2.63. The third kappa shape index (κ3) is 4.67. The van der Waals surface area contributed by atoms with E-state index in [1.54, 1.807) is 13.8 Å². The maximum absolute atomic E-state index is 12.4. The van der Waals surface area contributed by atoms with Crippen molar-refractivity contribution in [1.82, 2.24) is 10.5 Å². The lowest BCUT2D eigenvalue weighted by atomic mass is 10.0. The molecule has 0 aliphatic heterocycles. The summed E-state index contributed by atoms with van der Waals surface area (Å²) in [5.74, 6) is -0.709. The second-order valence-corrected chi connectivity index (χ2v) is 5.49. The van der Waals surface area contributed by atoms with Crippen LogP contribution in [0, 0.1) is 13.8 Å². The highest BCUT2D eigenvalue weighted by Crippen LogP contribution is 2.14. The average molecular weight is 316 g/mol. The lowest BCUT2D eigenvalue weighted by Gasteiger charge is -2.18. The Labute approximate surface area is 134 Å². The maximum Gasteiger partial charge on any atom is 0.303 e. The van der Waals surface area contributed by atoms with Crippen LogP contribution in [0.1, 0.15) is 40.2 Å². The zero-order chi connectivity index (χ0) is 16.8. The van der Waals surface area contributed by atoms with Crippen LogP contribution >= 0.6 is 0 Å². The molecule has 1 heterocycles. The number of aryl methyl sites for hydroxylation is 2. The SMILES string of the molecule is Cc1noc(C)c1C(=O)NC(CCC(=O)O)Cc1ccccc1. The van der Waals surface area contributed by atoms with Crippen molar-refractivity contribution in [3.8, 4) is 0 Å². The average Bonchev–Trinajstić information content (AvgIpc) is 2.85. The molecular formula is C17H20N2O4. The van der Waals surface area contributed by atoms with Gasteiger partial charge in [-0.3, -0.25) is 9.59 Å². The molecule has 2 aromatic rings. The van der Waals surface area contributed by atoms with Crippen LogP contribution < -0.4 is 5.32 Å².